The van der Waals surface area contributed by atoms with E-state index in [9.17, 15) is 4.79 Å². The number of rotatable bonds is 9. The van der Waals surface area contributed by atoms with E-state index in [1.807, 2.05) is 117 Å². The first kappa shape index (κ1) is 28.5. The van der Waals surface area contributed by atoms with E-state index in [4.69, 9.17) is 4.74 Å². The predicted molar refractivity (Wildman–Crippen MR) is 166 cm³/mol. The van der Waals surface area contributed by atoms with Crippen LogP contribution in [0.15, 0.2) is 103 Å². The standard InChI is InChI=1S/C36H38N2O2/c1-6-36(5,7-2)38-31-17-12-16-30(26-31)37-34(39)35(3,4)29-21-23-32(24-22-29)40-33-18-11-15-28(25-33)20-19-27-13-9-8-10-14-27/h8-18,21-26,38H,6-7H2,1-5H3,(H,37,39). The van der Waals surface area contributed by atoms with Gasteiger partial charge in [-0.1, -0.05) is 68.2 Å². The lowest BCUT2D eigenvalue weighted by Crippen LogP contribution is -2.35. The van der Waals surface area contributed by atoms with Crippen molar-refractivity contribution in [3.05, 3.63) is 120 Å². The SMILES string of the molecule is CCC(C)(CC)Nc1cccc(NC(=O)C(C)(C)c2ccc(Oc3cccc(C#Cc4ccccc4)c3)cc2)c1. The number of nitrogens with one attached hydrogen (secondary N) is 2. The third-order valence-electron chi connectivity index (χ3n) is 7.47. The molecule has 4 aromatic rings. The molecule has 0 saturated heterocycles. The van der Waals surface area contributed by atoms with Crippen molar-refractivity contribution in [1.29, 1.82) is 0 Å². The van der Waals surface area contributed by atoms with E-state index in [1.54, 1.807) is 0 Å². The first-order chi connectivity index (χ1) is 19.2. The van der Waals surface area contributed by atoms with Gasteiger partial charge in [0.05, 0.1) is 5.41 Å². The molecule has 0 aliphatic carbocycles. The maximum Gasteiger partial charge on any atom is 0.234 e. The molecule has 4 rings (SSSR count). The van der Waals surface area contributed by atoms with Crippen LogP contribution < -0.4 is 15.4 Å². The van der Waals surface area contributed by atoms with Gasteiger partial charge in [0.15, 0.2) is 0 Å². The minimum absolute atomic E-state index is 0.0165. The van der Waals surface area contributed by atoms with Crippen molar-refractivity contribution in [2.24, 2.45) is 0 Å². The first-order valence-electron chi connectivity index (χ1n) is 13.9. The van der Waals surface area contributed by atoms with Crippen molar-refractivity contribution >= 4 is 17.3 Å². The molecule has 204 valence electrons. The van der Waals surface area contributed by atoms with Crippen molar-refractivity contribution < 1.29 is 9.53 Å². The van der Waals surface area contributed by atoms with Gasteiger partial charge in [-0.3, -0.25) is 4.79 Å². The summed E-state index contributed by atoms with van der Waals surface area (Å²) in [7, 11) is 0. The number of amides is 1. The molecule has 0 aromatic heterocycles. The summed E-state index contributed by atoms with van der Waals surface area (Å²) in [6, 6.07) is 33.2. The molecule has 0 heterocycles. The molecule has 4 nitrogen and oxygen atoms in total. The Morgan fingerprint density at radius 1 is 0.700 bits per heavy atom. The fraction of sp³-hybridized carbons (Fsp3) is 0.250. The van der Waals surface area contributed by atoms with Crippen LogP contribution in [0.25, 0.3) is 0 Å². The Balaban J connectivity index is 1.42. The molecule has 1 amide bonds. The first-order valence-corrected chi connectivity index (χ1v) is 13.9. The summed E-state index contributed by atoms with van der Waals surface area (Å²) in [6.45, 7) is 10.4. The van der Waals surface area contributed by atoms with Crippen LogP contribution in [-0.2, 0) is 10.2 Å². The van der Waals surface area contributed by atoms with Crippen molar-refractivity contribution in [2.45, 2.75) is 58.4 Å². The summed E-state index contributed by atoms with van der Waals surface area (Å²) in [6.07, 6.45) is 2.03. The summed E-state index contributed by atoms with van der Waals surface area (Å²) in [5, 5.41) is 6.71. The van der Waals surface area contributed by atoms with Crippen LogP contribution in [0.4, 0.5) is 11.4 Å². The van der Waals surface area contributed by atoms with Crippen LogP contribution in [0.5, 0.6) is 11.5 Å². The number of ether oxygens (including phenoxy) is 1. The van der Waals surface area contributed by atoms with E-state index in [1.165, 1.54) is 0 Å². The molecule has 0 aliphatic rings. The monoisotopic (exact) mass is 530 g/mol. The Morgan fingerprint density at radius 3 is 2.02 bits per heavy atom. The number of hydrogen-bond acceptors (Lipinski definition) is 3. The summed E-state index contributed by atoms with van der Waals surface area (Å²) >= 11 is 0. The van der Waals surface area contributed by atoms with Crippen LogP contribution in [0.1, 0.15) is 64.2 Å². The number of carbonyl (C=O) groups excluding carboxylic acids is 1. The zero-order chi connectivity index (χ0) is 28.6. The number of hydrogen-bond donors (Lipinski definition) is 2. The molecule has 0 spiro atoms. The average Bonchev–Trinajstić information content (AvgIpc) is 2.97. The molecular formula is C36H38N2O2. The lowest BCUT2D eigenvalue weighted by Gasteiger charge is -2.30. The van der Waals surface area contributed by atoms with E-state index < -0.39 is 5.41 Å². The molecule has 0 bridgehead atoms. The van der Waals surface area contributed by atoms with Crippen LogP contribution in [-0.4, -0.2) is 11.4 Å². The molecule has 4 aromatic carbocycles. The Kier molecular flexibility index (Phi) is 8.97. The average molecular weight is 531 g/mol. The lowest BCUT2D eigenvalue weighted by atomic mass is 9.83. The molecule has 40 heavy (non-hydrogen) atoms. The van der Waals surface area contributed by atoms with E-state index in [0.29, 0.717) is 11.5 Å². The molecule has 0 radical (unpaired) electrons. The normalized spacial score (nSPS) is 11.2. The maximum atomic E-state index is 13.3. The Bertz CT molecular complexity index is 1490. The van der Waals surface area contributed by atoms with Gasteiger partial charge in [0.1, 0.15) is 11.5 Å². The van der Waals surface area contributed by atoms with E-state index in [-0.39, 0.29) is 11.4 Å². The second-order valence-electron chi connectivity index (χ2n) is 10.8. The second-order valence-corrected chi connectivity index (χ2v) is 10.8. The van der Waals surface area contributed by atoms with Gasteiger partial charge in [-0.15, -0.1) is 0 Å². The third kappa shape index (κ3) is 7.33. The van der Waals surface area contributed by atoms with Crippen LogP contribution >= 0.6 is 0 Å². The fourth-order valence-electron chi connectivity index (χ4n) is 4.25. The Hall–Kier alpha value is -4.49. The van der Waals surface area contributed by atoms with E-state index in [0.717, 1.165) is 40.9 Å². The van der Waals surface area contributed by atoms with Crippen molar-refractivity contribution in [3.63, 3.8) is 0 Å². The maximum absolute atomic E-state index is 13.3. The second kappa shape index (κ2) is 12.6. The quantitative estimate of drug-likeness (QED) is 0.213. The van der Waals surface area contributed by atoms with Gasteiger partial charge in [-0.2, -0.15) is 0 Å². The molecule has 0 fully saturated rings. The summed E-state index contributed by atoms with van der Waals surface area (Å²) in [5.41, 5.74) is 3.80. The summed E-state index contributed by atoms with van der Waals surface area (Å²) < 4.78 is 6.09. The largest absolute Gasteiger partial charge is 0.457 e. The van der Waals surface area contributed by atoms with E-state index in [2.05, 4.69) is 43.2 Å². The minimum atomic E-state index is -0.740. The highest BCUT2D eigenvalue weighted by Gasteiger charge is 2.30. The topological polar surface area (TPSA) is 50.4 Å². The third-order valence-corrected chi connectivity index (χ3v) is 7.47. The zero-order valence-corrected chi connectivity index (χ0v) is 24.0. The molecular weight excluding hydrogens is 492 g/mol. The Morgan fingerprint density at radius 2 is 1.32 bits per heavy atom. The smallest absolute Gasteiger partial charge is 0.234 e. The lowest BCUT2D eigenvalue weighted by molar-refractivity contribution is -0.120. The number of carbonyl (C=O) groups is 1. The van der Waals surface area contributed by atoms with Gasteiger partial charge in [-0.25, -0.2) is 0 Å². The van der Waals surface area contributed by atoms with Crippen molar-refractivity contribution in [1.82, 2.24) is 0 Å². The van der Waals surface area contributed by atoms with Crippen LogP contribution in [0, 0.1) is 11.8 Å². The van der Waals surface area contributed by atoms with Gasteiger partial charge >= 0.3 is 0 Å². The van der Waals surface area contributed by atoms with Gasteiger partial charge in [-0.05, 0) is 99.8 Å². The van der Waals surface area contributed by atoms with Gasteiger partial charge in [0.2, 0.25) is 5.91 Å². The van der Waals surface area contributed by atoms with E-state index >= 15 is 0 Å². The fourth-order valence-corrected chi connectivity index (χ4v) is 4.25. The predicted octanol–water partition coefficient (Wildman–Crippen LogP) is 8.79. The summed E-state index contributed by atoms with van der Waals surface area (Å²) in [4.78, 5) is 13.3. The summed E-state index contributed by atoms with van der Waals surface area (Å²) in [5.74, 6) is 7.70. The zero-order valence-electron chi connectivity index (χ0n) is 24.0. The highest BCUT2D eigenvalue weighted by atomic mass is 16.5. The molecule has 2 N–H and O–H groups in total. The molecule has 0 unspecified atom stereocenters. The molecule has 0 saturated carbocycles. The highest BCUT2D eigenvalue weighted by Crippen LogP contribution is 2.30. The van der Waals surface area contributed by atoms with Crippen molar-refractivity contribution in [3.8, 4) is 23.3 Å². The van der Waals surface area contributed by atoms with Gasteiger partial charge < -0.3 is 15.4 Å². The molecule has 4 heteroatoms. The van der Waals surface area contributed by atoms with Crippen LogP contribution in [0.3, 0.4) is 0 Å². The number of benzene rings is 4. The minimum Gasteiger partial charge on any atom is -0.457 e. The highest BCUT2D eigenvalue weighted by molar-refractivity contribution is 5.98. The van der Waals surface area contributed by atoms with Crippen molar-refractivity contribution in [2.75, 3.05) is 10.6 Å². The number of anilines is 2. The Labute approximate surface area is 238 Å². The molecule has 0 atom stereocenters. The van der Waals surface area contributed by atoms with Gasteiger partial charge in [0, 0.05) is 28.0 Å². The molecule has 0 aliphatic heterocycles. The van der Waals surface area contributed by atoms with Crippen LogP contribution in [0.2, 0.25) is 0 Å². The van der Waals surface area contributed by atoms with Gasteiger partial charge in [0.25, 0.3) is 0 Å².